The van der Waals surface area contributed by atoms with Crippen LogP contribution < -0.4 is 15.5 Å². The van der Waals surface area contributed by atoms with Gasteiger partial charge in [0, 0.05) is 50.0 Å². The van der Waals surface area contributed by atoms with Crippen molar-refractivity contribution in [2.45, 2.75) is 32.7 Å². The highest BCUT2D eigenvalue weighted by Crippen LogP contribution is 2.15. The van der Waals surface area contributed by atoms with Gasteiger partial charge in [0.2, 0.25) is 0 Å². The second-order valence-electron chi connectivity index (χ2n) is 7.75. The molecule has 30 heavy (non-hydrogen) atoms. The first-order valence-electron chi connectivity index (χ1n) is 10.8. The van der Waals surface area contributed by atoms with Crippen LogP contribution in [0.15, 0.2) is 54.6 Å². The number of likely N-dealkylation sites (tertiary alicyclic amines) is 1. The molecule has 0 saturated carbocycles. The fraction of sp³-hybridized carbons (Fsp3) is 0.417. The molecule has 2 aromatic rings. The van der Waals surface area contributed by atoms with Gasteiger partial charge in [-0.1, -0.05) is 30.3 Å². The number of amides is 3. The van der Waals surface area contributed by atoms with Gasteiger partial charge in [-0.05, 0) is 56.5 Å². The molecule has 160 valence electrons. The van der Waals surface area contributed by atoms with Crippen molar-refractivity contribution in [3.05, 3.63) is 65.7 Å². The van der Waals surface area contributed by atoms with Crippen LogP contribution in [0.3, 0.4) is 0 Å². The second-order valence-corrected chi connectivity index (χ2v) is 7.75. The van der Waals surface area contributed by atoms with E-state index in [1.807, 2.05) is 35.2 Å². The van der Waals surface area contributed by atoms with E-state index >= 15 is 0 Å². The lowest BCUT2D eigenvalue weighted by Gasteiger charge is -2.32. The van der Waals surface area contributed by atoms with Crippen LogP contribution in [-0.4, -0.2) is 55.6 Å². The summed E-state index contributed by atoms with van der Waals surface area (Å²) in [4.78, 5) is 28.9. The Labute approximate surface area is 179 Å². The smallest absolute Gasteiger partial charge is 0.317 e. The fourth-order valence-electron chi connectivity index (χ4n) is 3.79. The van der Waals surface area contributed by atoms with Gasteiger partial charge in [-0.15, -0.1) is 0 Å². The Morgan fingerprint density at radius 2 is 1.80 bits per heavy atom. The van der Waals surface area contributed by atoms with E-state index in [0.717, 1.165) is 25.9 Å². The molecule has 2 N–H and O–H groups in total. The summed E-state index contributed by atoms with van der Waals surface area (Å²) in [5.41, 5.74) is 3.09. The van der Waals surface area contributed by atoms with E-state index in [1.165, 1.54) is 11.3 Å². The molecule has 0 bridgehead atoms. The third kappa shape index (κ3) is 5.99. The van der Waals surface area contributed by atoms with Crippen LogP contribution in [0.1, 0.15) is 35.7 Å². The molecule has 1 heterocycles. The van der Waals surface area contributed by atoms with Crippen LogP contribution in [0.2, 0.25) is 0 Å². The molecule has 1 fully saturated rings. The number of aryl methyl sites for hydroxylation is 1. The summed E-state index contributed by atoms with van der Waals surface area (Å²) in [6, 6.07) is 17.8. The molecule has 6 nitrogen and oxygen atoms in total. The second kappa shape index (κ2) is 10.7. The molecule has 0 radical (unpaired) electrons. The Kier molecular flexibility index (Phi) is 7.71. The monoisotopic (exact) mass is 408 g/mol. The number of carbonyl (C=O) groups is 2. The van der Waals surface area contributed by atoms with E-state index in [0.29, 0.717) is 25.2 Å². The highest BCUT2D eigenvalue weighted by Gasteiger charge is 2.24. The number of likely N-dealkylation sites (N-methyl/N-ethyl adjacent to an activating group) is 1. The molecule has 0 aromatic heterocycles. The molecular weight excluding hydrogens is 376 g/mol. The van der Waals surface area contributed by atoms with Crippen LogP contribution in [0.4, 0.5) is 10.5 Å². The third-order valence-electron chi connectivity index (χ3n) is 5.56. The molecule has 0 aliphatic carbocycles. The predicted octanol–water partition coefficient (Wildman–Crippen LogP) is 3.43. The highest BCUT2D eigenvalue weighted by atomic mass is 16.2. The molecule has 0 atom stereocenters. The van der Waals surface area contributed by atoms with Gasteiger partial charge in [-0.3, -0.25) is 4.79 Å². The molecule has 0 spiro atoms. The molecule has 6 heteroatoms. The predicted molar refractivity (Wildman–Crippen MR) is 121 cm³/mol. The van der Waals surface area contributed by atoms with Crippen LogP contribution in [0.25, 0.3) is 0 Å². The molecule has 1 aliphatic heterocycles. The number of nitrogens with one attached hydrogen (secondary N) is 2. The number of anilines is 1. The van der Waals surface area contributed by atoms with Gasteiger partial charge in [0.1, 0.15) is 0 Å². The fourth-order valence-corrected chi connectivity index (χ4v) is 3.79. The number of piperidine rings is 1. The van der Waals surface area contributed by atoms with E-state index in [9.17, 15) is 9.59 Å². The zero-order valence-electron chi connectivity index (χ0n) is 17.9. The lowest BCUT2D eigenvalue weighted by atomic mass is 10.0. The summed E-state index contributed by atoms with van der Waals surface area (Å²) < 4.78 is 0. The van der Waals surface area contributed by atoms with Gasteiger partial charge in [0.05, 0.1) is 0 Å². The summed E-state index contributed by atoms with van der Waals surface area (Å²) >= 11 is 0. The Balaban J connectivity index is 1.39. The van der Waals surface area contributed by atoms with Gasteiger partial charge < -0.3 is 20.4 Å². The van der Waals surface area contributed by atoms with Gasteiger partial charge in [0.15, 0.2) is 0 Å². The third-order valence-corrected chi connectivity index (χ3v) is 5.56. The number of carbonyl (C=O) groups excluding carboxylic acids is 2. The molecule has 2 aromatic carbocycles. The van der Waals surface area contributed by atoms with Gasteiger partial charge >= 0.3 is 6.03 Å². The minimum atomic E-state index is -0.0469. The Bertz CT molecular complexity index is 832. The zero-order chi connectivity index (χ0) is 21.3. The lowest BCUT2D eigenvalue weighted by Crippen LogP contribution is -2.50. The molecular formula is C24H32N4O2. The van der Waals surface area contributed by atoms with E-state index < -0.39 is 0 Å². The summed E-state index contributed by atoms with van der Waals surface area (Å²) in [5, 5.41) is 6.12. The van der Waals surface area contributed by atoms with Gasteiger partial charge in [-0.2, -0.15) is 0 Å². The molecule has 3 amide bonds. The van der Waals surface area contributed by atoms with Crippen LogP contribution in [0, 0.1) is 6.92 Å². The number of nitrogens with zero attached hydrogens (tertiary/aromatic N) is 2. The minimum absolute atomic E-state index is 0.0249. The normalized spacial score (nSPS) is 14.3. The first kappa shape index (κ1) is 21.7. The van der Waals surface area contributed by atoms with E-state index in [4.69, 9.17) is 0 Å². The lowest BCUT2D eigenvalue weighted by molar-refractivity contribution is 0.0918. The topological polar surface area (TPSA) is 64.7 Å². The highest BCUT2D eigenvalue weighted by molar-refractivity contribution is 5.94. The average Bonchev–Trinajstić information content (AvgIpc) is 2.77. The maximum Gasteiger partial charge on any atom is 0.317 e. The zero-order valence-corrected chi connectivity index (χ0v) is 17.9. The molecule has 1 saturated heterocycles. The van der Waals surface area contributed by atoms with Crippen molar-refractivity contribution in [3.8, 4) is 0 Å². The van der Waals surface area contributed by atoms with Crippen LogP contribution in [-0.2, 0) is 0 Å². The first-order valence-corrected chi connectivity index (χ1v) is 10.8. The maximum absolute atomic E-state index is 12.5. The summed E-state index contributed by atoms with van der Waals surface area (Å²) in [7, 11) is 0. The summed E-state index contributed by atoms with van der Waals surface area (Å²) in [5.74, 6) is -0.0469. The number of urea groups is 1. The molecule has 1 aliphatic rings. The summed E-state index contributed by atoms with van der Waals surface area (Å²) in [6.07, 6.45) is 1.55. The minimum Gasteiger partial charge on any atom is -0.370 e. The number of rotatable bonds is 7. The van der Waals surface area contributed by atoms with E-state index in [2.05, 4.69) is 53.6 Å². The Hall–Kier alpha value is -3.02. The largest absolute Gasteiger partial charge is 0.370 e. The van der Waals surface area contributed by atoms with Crippen molar-refractivity contribution >= 4 is 17.6 Å². The van der Waals surface area contributed by atoms with Gasteiger partial charge in [-0.25, -0.2) is 4.79 Å². The SMILES string of the molecule is CCN(CCNC(=O)N1CCC(NC(=O)c2ccccc2)CC1)c1cccc(C)c1. The maximum atomic E-state index is 12.5. The number of hydrogen-bond acceptors (Lipinski definition) is 3. The summed E-state index contributed by atoms with van der Waals surface area (Å²) in [6.45, 7) is 7.79. The van der Waals surface area contributed by atoms with Crippen molar-refractivity contribution in [2.24, 2.45) is 0 Å². The average molecular weight is 409 g/mol. The Morgan fingerprint density at radius 3 is 2.47 bits per heavy atom. The number of benzene rings is 2. The van der Waals surface area contributed by atoms with Crippen molar-refractivity contribution in [2.75, 3.05) is 37.6 Å². The van der Waals surface area contributed by atoms with Crippen molar-refractivity contribution < 1.29 is 9.59 Å². The van der Waals surface area contributed by atoms with E-state index in [-0.39, 0.29) is 18.0 Å². The molecule has 3 rings (SSSR count). The van der Waals surface area contributed by atoms with Crippen molar-refractivity contribution in [1.82, 2.24) is 15.5 Å². The van der Waals surface area contributed by atoms with Crippen molar-refractivity contribution in [1.29, 1.82) is 0 Å². The van der Waals surface area contributed by atoms with Crippen LogP contribution >= 0.6 is 0 Å². The van der Waals surface area contributed by atoms with Gasteiger partial charge in [0.25, 0.3) is 5.91 Å². The molecule has 0 unspecified atom stereocenters. The quantitative estimate of drug-likeness (QED) is 0.738. The Morgan fingerprint density at radius 1 is 1.07 bits per heavy atom. The van der Waals surface area contributed by atoms with Crippen LogP contribution in [0.5, 0.6) is 0 Å². The standard InChI is InChI=1S/C24H32N4O2/c1-3-27(22-11-7-8-19(2)18-22)17-14-25-24(30)28-15-12-21(13-16-28)26-23(29)20-9-5-4-6-10-20/h4-11,18,21H,3,12-17H2,1-2H3,(H,25,30)(H,26,29). The van der Waals surface area contributed by atoms with E-state index in [1.54, 1.807) is 0 Å². The van der Waals surface area contributed by atoms with Crippen molar-refractivity contribution in [3.63, 3.8) is 0 Å². The first-order chi connectivity index (χ1) is 14.6. The number of hydrogen-bond donors (Lipinski definition) is 2.